The van der Waals surface area contributed by atoms with Gasteiger partial charge in [-0.1, -0.05) is 35.2 Å². The maximum absolute atomic E-state index is 12.3. The Labute approximate surface area is 189 Å². The van der Waals surface area contributed by atoms with E-state index in [1.807, 2.05) is 31.2 Å². The fourth-order valence-electron chi connectivity index (χ4n) is 3.10. The van der Waals surface area contributed by atoms with Crippen molar-refractivity contribution in [1.82, 2.24) is 20.4 Å². The minimum absolute atomic E-state index is 0.0500. The van der Waals surface area contributed by atoms with Gasteiger partial charge in [-0.05, 0) is 38.8 Å². The number of para-hydroxylation sites is 2. The van der Waals surface area contributed by atoms with E-state index in [0.29, 0.717) is 35.8 Å². The highest BCUT2D eigenvalue weighted by atomic mass is 32.2. The maximum atomic E-state index is 12.3. The zero-order valence-electron chi connectivity index (χ0n) is 17.6. The van der Waals surface area contributed by atoms with Crippen LogP contribution < -0.4 is 15.4 Å². The van der Waals surface area contributed by atoms with Crippen LogP contribution in [-0.2, 0) is 9.53 Å². The minimum Gasteiger partial charge on any atom is -0.492 e. The van der Waals surface area contributed by atoms with Gasteiger partial charge in [-0.15, -0.1) is 10.2 Å². The van der Waals surface area contributed by atoms with Crippen LogP contribution in [0, 0.1) is 0 Å². The Kier molecular flexibility index (Phi) is 8.77. The third-order valence-corrected chi connectivity index (χ3v) is 6.52. The summed E-state index contributed by atoms with van der Waals surface area (Å²) in [7, 11) is 0. The van der Waals surface area contributed by atoms with Crippen molar-refractivity contribution in [3.63, 3.8) is 0 Å². The number of amides is 2. The fourth-order valence-corrected chi connectivity index (χ4v) is 4.68. The number of hydrogen-bond acceptors (Lipinski definition) is 9. The molecule has 2 N–H and O–H groups in total. The number of aromatic nitrogens is 2. The number of hydrogen-bond donors (Lipinski definition) is 2. The molecule has 9 nitrogen and oxygen atoms in total. The SMILES string of the molecule is CCOC(=O)N1CCC(NC(=O)CSc2nnc(Nc3ccccc3OCC)s2)CC1. The number of anilines is 2. The van der Waals surface area contributed by atoms with Crippen LogP contribution in [0.25, 0.3) is 0 Å². The quantitative estimate of drug-likeness (QED) is 0.542. The highest BCUT2D eigenvalue weighted by molar-refractivity contribution is 8.01. The number of carbonyl (C=O) groups excluding carboxylic acids is 2. The van der Waals surface area contributed by atoms with Gasteiger partial charge in [0, 0.05) is 19.1 Å². The molecule has 1 aromatic carbocycles. The molecule has 1 fully saturated rings. The van der Waals surface area contributed by atoms with Crippen LogP contribution in [0.3, 0.4) is 0 Å². The first-order valence-electron chi connectivity index (χ1n) is 10.2. The lowest BCUT2D eigenvalue weighted by Crippen LogP contribution is -2.47. The second-order valence-corrected chi connectivity index (χ2v) is 8.94. The van der Waals surface area contributed by atoms with Crippen molar-refractivity contribution in [3.05, 3.63) is 24.3 Å². The van der Waals surface area contributed by atoms with Crippen LogP contribution in [0.2, 0.25) is 0 Å². The molecular weight excluding hydrogens is 438 g/mol. The van der Waals surface area contributed by atoms with E-state index in [2.05, 4.69) is 20.8 Å². The largest absolute Gasteiger partial charge is 0.492 e. The van der Waals surface area contributed by atoms with Gasteiger partial charge in [-0.25, -0.2) is 4.79 Å². The first-order chi connectivity index (χ1) is 15.1. The number of benzene rings is 1. The molecule has 1 saturated heterocycles. The van der Waals surface area contributed by atoms with Crippen molar-refractivity contribution in [2.45, 2.75) is 37.1 Å². The molecule has 0 spiro atoms. The van der Waals surface area contributed by atoms with Crippen molar-refractivity contribution in [1.29, 1.82) is 0 Å². The van der Waals surface area contributed by atoms with Gasteiger partial charge >= 0.3 is 6.09 Å². The lowest BCUT2D eigenvalue weighted by atomic mass is 10.1. The number of nitrogens with one attached hydrogen (secondary N) is 2. The van der Waals surface area contributed by atoms with Gasteiger partial charge in [0.2, 0.25) is 11.0 Å². The van der Waals surface area contributed by atoms with Gasteiger partial charge in [0.25, 0.3) is 0 Å². The van der Waals surface area contributed by atoms with Crippen LogP contribution in [0.1, 0.15) is 26.7 Å². The first kappa shape index (κ1) is 23.1. The maximum Gasteiger partial charge on any atom is 0.409 e. The molecule has 0 atom stereocenters. The second-order valence-electron chi connectivity index (χ2n) is 6.74. The summed E-state index contributed by atoms with van der Waals surface area (Å²) < 4.78 is 11.3. The van der Waals surface area contributed by atoms with Gasteiger partial charge in [0.15, 0.2) is 4.34 Å². The number of thioether (sulfide) groups is 1. The topological polar surface area (TPSA) is 106 Å². The van der Waals surface area contributed by atoms with E-state index in [1.54, 1.807) is 11.8 Å². The average Bonchev–Trinajstić information content (AvgIpc) is 3.22. The third kappa shape index (κ3) is 7.00. The van der Waals surface area contributed by atoms with Gasteiger partial charge in [0.1, 0.15) is 5.75 Å². The zero-order chi connectivity index (χ0) is 22.1. The standard InChI is InChI=1S/C20H27N5O4S2/c1-3-28-16-8-6-5-7-15(16)22-18-23-24-19(31-18)30-13-17(26)21-14-9-11-25(12-10-14)20(27)29-4-2/h5-8,14H,3-4,9-13H2,1-2H3,(H,21,26)(H,22,23). The van der Waals surface area contributed by atoms with E-state index in [-0.39, 0.29) is 23.8 Å². The van der Waals surface area contributed by atoms with E-state index >= 15 is 0 Å². The number of ether oxygens (including phenoxy) is 2. The molecule has 31 heavy (non-hydrogen) atoms. The Hall–Kier alpha value is -2.53. The molecule has 2 aromatic rings. The molecule has 1 aromatic heterocycles. The molecule has 11 heteroatoms. The summed E-state index contributed by atoms with van der Waals surface area (Å²) in [6.07, 6.45) is 1.16. The van der Waals surface area contributed by atoms with E-state index in [9.17, 15) is 9.59 Å². The summed E-state index contributed by atoms with van der Waals surface area (Å²) in [5.41, 5.74) is 0.823. The van der Waals surface area contributed by atoms with Crippen molar-refractivity contribution in [2.24, 2.45) is 0 Å². The number of carbonyl (C=O) groups is 2. The average molecular weight is 466 g/mol. The lowest BCUT2D eigenvalue weighted by molar-refractivity contribution is -0.119. The van der Waals surface area contributed by atoms with Crippen LogP contribution in [0.15, 0.2) is 28.6 Å². The van der Waals surface area contributed by atoms with Gasteiger partial charge < -0.3 is 25.0 Å². The first-order valence-corrected chi connectivity index (χ1v) is 12.1. The molecule has 0 bridgehead atoms. The molecule has 3 rings (SSSR count). The molecule has 0 saturated carbocycles. The van der Waals surface area contributed by atoms with Crippen molar-refractivity contribution in [2.75, 3.05) is 37.4 Å². The summed E-state index contributed by atoms with van der Waals surface area (Å²) in [6.45, 7) is 5.85. The third-order valence-electron chi connectivity index (χ3n) is 4.55. The highest BCUT2D eigenvalue weighted by Gasteiger charge is 2.24. The lowest BCUT2D eigenvalue weighted by Gasteiger charge is -2.31. The Morgan fingerprint density at radius 3 is 2.71 bits per heavy atom. The second kappa shape index (κ2) is 11.8. The predicted molar refractivity (Wildman–Crippen MR) is 121 cm³/mol. The van der Waals surface area contributed by atoms with Crippen molar-refractivity contribution in [3.8, 4) is 5.75 Å². The summed E-state index contributed by atoms with van der Waals surface area (Å²) in [5, 5.41) is 15.2. The highest BCUT2D eigenvalue weighted by Crippen LogP contribution is 2.31. The van der Waals surface area contributed by atoms with E-state index < -0.39 is 0 Å². The Morgan fingerprint density at radius 2 is 1.97 bits per heavy atom. The molecule has 0 radical (unpaired) electrons. The summed E-state index contributed by atoms with van der Waals surface area (Å²) in [6, 6.07) is 7.71. The van der Waals surface area contributed by atoms with E-state index in [1.165, 1.54) is 23.1 Å². The molecule has 0 aliphatic carbocycles. The Morgan fingerprint density at radius 1 is 1.19 bits per heavy atom. The van der Waals surface area contributed by atoms with Crippen LogP contribution in [0.5, 0.6) is 5.75 Å². The smallest absolute Gasteiger partial charge is 0.409 e. The monoisotopic (exact) mass is 465 g/mol. The molecule has 2 amide bonds. The normalized spacial score (nSPS) is 14.2. The zero-order valence-corrected chi connectivity index (χ0v) is 19.3. The van der Waals surface area contributed by atoms with Gasteiger partial charge in [-0.2, -0.15) is 0 Å². The minimum atomic E-state index is -0.285. The molecule has 168 valence electrons. The molecule has 0 unspecified atom stereocenters. The number of likely N-dealkylation sites (tertiary alicyclic amines) is 1. The Balaban J connectivity index is 1.42. The van der Waals surface area contributed by atoms with Gasteiger partial charge in [-0.3, -0.25) is 4.79 Å². The number of rotatable bonds is 9. The molecule has 2 heterocycles. The molecular formula is C20H27N5O4S2. The fraction of sp³-hybridized carbons (Fsp3) is 0.500. The van der Waals surface area contributed by atoms with E-state index in [0.717, 1.165) is 24.3 Å². The van der Waals surface area contributed by atoms with E-state index in [4.69, 9.17) is 9.47 Å². The molecule has 1 aliphatic rings. The summed E-state index contributed by atoms with van der Waals surface area (Å²) in [5.74, 6) is 0.969. The van der Waals surface area contributed by atoms with Crippen molar-refractivity contribution >= 4 is 45.9 Å². The summed E-state index contributed by atoms with van der Waals surface area (Å²) in [4.78, 5) is 25.7. The number of piperidine rings is 1. The summed E-state index contributed by atoms with van der Waals surface area (Å²) >= 11 is 2.74. The van der Waals surface area contributed by atoms with Crippen molar-refractivity contribution < 1.29 is 19.1 Å². The molecule has 1 aliphatic heterocycles. The van der Waals surface area contributed by atoms with Crippen LogP contribution in [-0.4, -0.2) is 65.2 Å². The van der Waals surface area contributed by atoms with Crippen LogP contribution >= 0.6 is 23.1 Å². The van der Waals surface area contributed by atoms with Gasteiger partial charge in [0.05, 0.1) is 24.7 Å². The van der Waals surface area contributed by atoms with Crippen LogP contribution in [0.4, 0.5) is 15.6 Å². The Bertz CT molecular complexity index is 871. The predicted octanol–water partition coefficient (Wildman–Crippen LogP) is 3.51. The number of nitrogens with zero attached hydrogens (tertiary/aromatic N) is 3.